The minimum Gasteiger partial charge on any atom is -0.455 e. The number of halogens is 3. The predicted octanol–water partition coefficient (Wildman–Crippen LogP) is 7.51. The summed E-state index contributed by atoms with van der Waals surface area (Å²) < 4.78 is 53.7. The molecule has 0 aliphatic heterocycles. The van der Waals surface area contributed by atoms with Crippen molar-refractivity contribution in [3.63, 3.8) is 0 Å². The molecule has 2 heterocycles. The molecule has 10 nitrogen and oxygen atoms in total. The number of anilines is 2. The van der Waals surface area contributed by atoms with Gasteiger partial charge in [-0.1, -0.05) is 37.0 Å². The van der Waals surface area contributed by atoms with Gasteiger partial charge in [-0.15, -0.1) is 15.6 Å². The molecule has 0 radical (unpaired) electrons. The van der Waals surface area contributed by atoms with Crippen LogP contribution >= 0.6 is 34.5 Å². The van der Waals surface area contributed by atoms with Gasteiger partial charge in [-0.2, -0.15) is 5.10 Å². The number of nitrogens with zero attached hydrogens (tertiary/aromatic N) is 3. The van der Waals surface area contributed by atoms with E-state index in [1.807, 2.05) is 13.8 Å². The summed E-state index contributed by atoms with van der Waals surface area (Å²) in [5.74, 6) is -1.27. The minimum atomic E-state index is -4.85. The lowest BCUT2D eigenvalue weighted by atomic mass is 10.1. The van der Waals surface area contributed by atoms with Crippen LogP contribution in [0.5, 0.6) is 11.5 Å². The Kier molecular flexibility index (Phi) is 9.67. The van der Waals surface area contributed by atoms with Gasteiger partial charge >= 0.3 is 6.09 Å². The van der Waals surface area contributed by atoms with Crippen molar-refractivity contribution in [2.45, 2.75) is 45.1 Å². The highest BCUT2D eigenvalue weighted by Gasteiger charge is 2.38. The quantitative estimate of drug-likeness (QED) is 0.223. The summed E-state index contributed by atoms with van der Waals surface area (Å²) in [6.45, 7) is 8.67. The van der Waals surface area contributed by atoms with Crippen molar-refractivity contribution >= 4 is 62.3 Å². The van der Waals surface area contributed by atoms with E-state index in [0.717, 1.165) is 23.5 Å². The van der Waals surface area contributed by atoms with E-state index < -0.39 is 32.4 Å². The van der Waals surface area contributed by atoms with Crippen LogP contribution in [0.25, 0.3) is 11.1 Å². The number of hydrogen-bond donors (Lipinski definition) is 2. The van der Waals surface area contributed by atoms with Crippen LogP contribution in [0, 0.1) is 5.82 Å². The van der Waals surface area contributed by atoms with Crippen LogP contribution in [0.1, 0.15) is 34.6 Å². The van der Waals surface area contributed by atoms with Gasteiger partial charge in [0.2, 0.25) is 0 Å². The number of amides is 1. The monoisotopic (exact) mass is 629 g/mol. The van der Waals surface area contributed by atoms with Crippen LogP contribution in [-0.2, 0) is 14.8 Å². The average Bonchev–Trinajstić information content (AvgIpc) is 3.54. The third-order valence-electron chi connectivity index (χ3n) is 4.81. The van der Waals surface area contributed by atoms with E-state index in [9.17, 15) is 13.2 Å². The summed E-state index contributed by atoms with van der Waals surface area (Å²) in [6.07, 6.45) is 0.192. The number of ether oxygens (including phenoxy) is 2. The zero-order valence-corrected chi connectivity index (χ0v) is 25.2. The van der Waals surface area contributed by atoms with Crippen LogP contribution < -0.4 is 14.8 Å². The Bertz CT molecular complexity index is 1610. The number of nitrogens with two attached hydrogens (primary N) is 1. The molecule has 2 aromatic carbocycles. The van der Waals surface area contributed by atoms with Gasteiger partial charge in [0.15, 0.2) is 5.82 Å². The van der Waals surface area contributed by atoms with Crippen molar-refractivity contribution in [1.82, 2.24) is 15.2 Å². The van der Waals surface area contributed by atoms with Crippen molar-refractivity contribution in [2.24, 2.45) is 0 Å². The number of hydrogen-bond acceptors (Lipinski definition) is 9. The first kappa shape index (κ1) is 31.1. The van der Waals surface area contributed by atoms with E-state index in [0.29, 0.717) is 16.1 Å². The van der Waals surface area contributed by atoms with Gasteiger partial charge in [-0.25, -0.2) is 22.6 Å². The molecule has 0 unspecified atom stereocenters. The highest BCUT2D eigenvalue weighted by molar-refractivity contribution is 7.93. The van der Waals surface area contributed by atoms with Crippen molar-refractivity contribution in [3.05, 3.63) is 63.3 Å². The first-order chi connectivity index (χ1) is 18.8. The zero-order chi connectivity index (χ0) is 29.8. The fourth-order valence-corrected chi connectivity index (χ4v) is 5.61. The third-order valence-corrected chi connectivity index (χ3v) is 7.60. The molecule has 1 amide bonds. The second-order valence-corrected chi connectivity index (χ2v) is 12.1. The number of aromatic nitrogens is 3. The number of sulfonamides is 1. The van der Waals surface area contributed by atoms with E-state index in [1.54, 1.807) is 26.8 Å². The summed E-state index contributed by atoms with van der Waals surface area (Å²) in [6, 6.07) is 6.24. The zero-order valence-electron chi connectivity index (χ0n) is 22.0. The van der Waals surface area contributed by atoms with Crippen molar-refractivity contribution in [2.75, 3.05) is 10.0 Å². The second-order valence-electron chi connectivity index (χ2n) is 8.75. The highest BCUT2D eigenvalue weighted by Crippen LogP contribution is 2.41. The van der Waals surface area contributed by atoms with Crippen LogP contribution in [0.15, 0.2) is 52.3 Å². The molecule has 40 heavy (non-hydrogen) atoms. The third kappa shape index (κ3) is 6.84. The summed E-state index contributed by atoms with van der Waals surface area (Å²) >= 11 is 13.5. The lowest BCUT2D eigenvalue weighted by Crippen LogP contribution is -2.41. The number of carbonyl (C=O) groups is 1. The Labute approximate surface area is 244 Å². The van der Waals surface area contributed by atoms with E-state index in [1.165, 1.54) is 29.2 Å². The number of nitrogens with one attached hydrogen (secondary N) is 1. The van der Waals surface area contributed by atoms with Crippen LogP contribution in [0.3, 0.4) is 0 Å². The first-order valence-corrected chi connectivity index (χ1v) is 14.8. The molecule has 4 rings (SSSR count). The number of carbonyl (C=O) groups excluding carboxylic acids is 1. The normalized spacial score (nSPS) is 11.4. The maximum absolute atomic E-state index is 15.4. The number of thiazole rings is 1. The molecule has 2 aromatic heterocycles. The van der Waals surface area contributed by atoms with Gasteiger partial charge in [0, 0.05) is 27.6 Å². The molecule has 0 saturated heterocycles. The Morgan fingerprint density at radius 1 is 1.12 bits per heavy atom. The molecular weight excluding hydrogens is 604 g/mol. The van der Waals surface area contributed by atoms with Gasteiger partial charge in [0.1, 0.15) is 33.6 Å². The molecule has 0 atom stereocenters. The molecule has 0 fully saturated rings. The summed E-state index contributed by atoms with van der Waals surface area (Å²) in [4.78, 5) is 15.9. The average molecular weight is 631 g/mol. The Morgan fingerprint density at radius 3 is 2.40 bits per heavy atom. The molecule has 3 N–H and O–H groups in total. The van der Waals surface area contributed by atoms with Gasteiger partial charge in [0.25, 0.3) is 10.0 Å². The van der Waals surface area contributed by atoms with E-state index >= 15 is 4.39 Å². The summed E-state index contributed by atoms with van der Waals surface area (Å²) in [5.41, 5.74) is 7.10. The van der Waals surface area contributed by atoms with Gasteiger partial charge in [-0.3, -0.25) is 5.10 Å². The molecule has 214 valence electrons. The Morgan fingerprint density at radius 2 is 1.82 bits per heavy atom. The van der Waals surface area contributed by atoms with E-state index in [4.69, 9.17) is 38.4 Å². The Balaban J connectivity index is 0.00000216. The lowest BCUT2D eigenvalue weighted by molar-refractivity contribution is 0.0608. The molecule has 15 heteroatoms. The van der Waals surface area contributed by atoms with Crippen LogP contribution in [0.4, 0.5) is 20.8 Å². The molecule has 0 spiro atoms. The van der Waals surface area contributed by atoms with Gasteiger partial charge in [0.05, 0.1) is 16.7 Å². The van der Waals surface area contributed by atoms with E-state index in [2.05, 4.69) is 15.2 Å². The second kappa shape index (κ2) is 12.4. The number of rotatable bonds is 6. The smallest absolute Gasteiger partial charge is 0.430 e. The summed E-state index contributed by atoms with van der Waals surface area (Å²) in [5, 5.41) is 7.89. The predicted molar refractivity (Wildman–Crippen MR) is 154 cm³/mol. The molecule has 0 aliphatic carbocycles. The lowest BCUT2D eigenvalue weighted by Gasteiger charge is -2.26. The molecular formula is C25H26Cl2FN5O5S2. The minimum absolute atomic E-state index is 0.192. The van der Waals surface area contributed by atoms with E-state index in [-0.39, 0.29) is 32.5 Å². The first-order valence-electron chi connectivity index (χ1n) is 11.7. The van der Waals surface area contributed by atoms with Gasteiger partial charge in [-0.05, 0) is 45.0 Å². The number of benzene rings is 2. The maximum atomic E-state index is 15.4. The van der Waals surface area contributed by atoms with Crippen molar-refractivity contribution < 1.29 is 27.1 Å². The standard InChI is InChI=1S/C23H20Cl2FN5O5S2.C2H6/c1-23(2,3)36-22(32)31(20-10-37-11-28-20)38(33,34)19-7-15(25)18(8-16(19)26)35-17-5-4-12(24)6-13(17)14-9-29-30-21(14)27;1-2/h4-11H,1-3H3,(H3,27,29,30);1-2H3. The SMILES string of the molecule is CC.CC(C)(C)OC(=O)N(c1cscn1)S(=O)(=O)c1cc(Cl)c(Oc2ccc(Cl)cc2-c2cn[nH]c2N)cc1F. The fraction of sp³-hybridized carbons (Fsp3) is 0.240. The molecule has 4 aromatic rings. The molecule has 0 aliphatic rings. The van der Waals surface area contributed by atoms with Crippen LogP contribution in [0.2, 0.25) is 10.0 Å². The topological polar surface area (TPSA) is 140 Å². The summed E-state index contributed by atoms with van der Waals surface area (Å²) in [7, 11) is -4.85. The van der Waals surface area contributed by atoms with Crippen molar-refractivity contribution in [1.29, 1.82) is 0 Å². The number of nitrogen functional groups attached to an aromatic ring is 1. The molecule has 0 saturated carbocycles. The Hall–Kier alpha value is -3.39. The van der Waals surface area contributed by atoms with Crippen LogP contribution in [-0.4, -0.2) is 35.3 Å². The number of aromatic amines is 1. The highest BCUT2D eigenvalue weighted by atomic mass is 35.5. The van der Waals surface area contributed by atoms with Gasteiger partial charge < -0.3 is 15.2 Å². The molecule has 0 bridgehead atoms. The fourth-order valence-electron chi connectivity index (χ4n) is 3.24. The largest absolute Gasteiger partial charge is 0.455 e. The number of H-pyrrole nitrogens is 1. The maximum Gasteiger partial charge on any atom is 0.430 e. The van der Waals surface area contributed by atoms with Crippen molar-refractivity contribution in [3.8, 4) is 22.6 Å².